The number of hydrogen-bond donors (Lipinski definition) is 2. The van der Waals surface area contributed by atoms with Crippen LogP contribution < -0.4 is 5.32 Å². The zero-order valence-corrected chi connectivity index (χ0v) is 10.9. The van der Waals surface area contributed by atoms with E-state index < -0.39 is 17.9 Å². The highest BCUT2D eigenvalue weighted by Crippen LogP contribution is 2.26. The lowest BCUT2D eigenvalue weighted by molar-refractivity contribution is -0.141. The molecule has 1 saturated carbocycles. The number of aliphatic carboxylic acids is 1. The van der Waals surface area contributed by atoms with E-state index in [0.717, 1.165) is 32.1 Å². The predicted molar refractivity (Wildman–Crippen MR) is 66.7 cm³/mol. The maximum atomic E-state index is 11.9. The van der Waals surface area contributed by atoms with E-state index in [-0.39, 0.29) is 11.7 Å². The van der Waals surface area contributed by atoms with Crippen molar-refractivity contribution in [3.05, 3.63) is 17.5 Å². The van der Waals surface area contributed by atoms with Gasteiger partial charge >= 0.3 is 5.97 Å². The van der Waals surface area contributed by atoms with Gasteiger partial charge in [-0.2, -0.15) is 0 Å². The second-order valence-electron chi connectivity index (χ2n) is 5.02. The predicted octanol–water partition coefficient (Wildman–Crippen LogP) is 1.75. The minimum absolute atomic E-state index is 0.000724. The number of carbonyl (C=O) groups is 2. The maximum absolute atomic E-state index is 11.9. The molecule has 0 radical (unpaired) electrons. The Hall–Kier alpha value is -1.85. The van der Waals surface area contributed by atoms with Crippen LogP contribution in [0, 0.1) is 12.8 Å². The number of aromatic nitrogens is 1. The topological polar surface area (TPSA) is 92.4 Å². The molecule has 0 aromatic carbocycles. The summed E-state index contributed by atoms with van der Waals surface area (Å²) >= 11 is 0. The molecule has 2 rings (SSSR count). The second kappa shape index (κ2) is 5.86. The van der Waals surface area contributed by atoms with Gasteiger partial charge in [-0.1, -0.05) is 24.4 Å². The van der Waals surface area contributed by atoms with Gasteiger partial charge in [-0.15, -0.1) is 0 Å². The maximum Gasteiger partial charge on any atom is 0.326 e. The lowest BCUT2D eigenvalue weighted by Gasteiger charge is -2.27. The standard InChI is InChI=1S/C13H18N2O4/c1-8-7-10(19-15-8)12(16)14-11(13(17)18)9-5-3-2-4-6-9/h7,9,11H,2-6H2,1H3,(H,14,16)(H,17,18). The average Bonchev–Trinajstić information content (AvgIpc) is 2.83. The second-order valence-corrected chi connectivity index (χ2v) is 5.02. The third kappa shape index (κ3) is 3.33. The van der Waals surface area contributed by atoms with Crippen LogP contribution in [0.4, 0.5) is 0 Å². The van der Waals surface area contributed by atoms with E-state index in [4.69, 9.17) is 4.52 Å². The van der Waals surface area contributed by atoms with Crippen molar-refractivity contribution in [1.29, 1.82) is 0 Å². The molecule has 19 heavy (non-hydrogen) atoms. The zero-order chi connectivity index (χ0) is 13.8. The first-order valence-electron chi connectivity index (χ1n) is 6.55. The van der Waals surface area contributed by atoms with Crippen LogP contribution in [0.1, 0.15) is 48.4 Å². The van der Waals surface area contributed by atoms with Crippen molar-refractivity contribution in [3.8, 4) is 0 Å². The molecule has 0 aliphatic heterocycles. The molecule has 0 bridgehead atoms. The monoisotopic (exact) mass is 266 g/mol. The third-order valence-electron chi connectivity index (χ3n) is 3.53. The van der Waals surface area contributed by atoms with Crippen molar-refractivity contribution in [1.82, 2.24) is 10.5 Å². The average molecular weight is 266 g/mol. The van der Waals surface area contributed by atoms with Crippen LogP contribution in [-0.4, -0.2) is 28.2 Å². The summed E-state index contributed by atoms with van der Waals surface area (Å²) in [6.07, 6.45) is 4.86. The van der Waals surface area contributed by atoms with Crippen LogP contribution in [-0.2, 0) is 4.79 Å². The van der Waals surface area contributed by atoms with Gasteiger partial charge in [-0.25, -0.2) is 4.79 Å². The van der Waals surface area contributed by atoms with E-state index in [1.807, 2.05) is 0 Å². The first-order chi connectivity index (χ1) is 9.08. The number of carbonyl (C=O) groups excluding carboxylic acids is 1. The molecule has 1 aliphatic rings. The van der Waals surface area contributed by atoms with Crippen LogP contribution in [0.5, 0.6) is 0 Å². The summed E-state index contributed by atoms with van der Waals surface area (Å²) in [4.78, 5) is 23.2. The fourth-order valence-corrected chi connectivity index (χ4v) is 2.53. The molecule has 1 atom stereocenters. The smallest absolute Gasteiger partial charge is 0.326 e. The molecule has 1 heterocycles. The van der Waals surface area contributed by atoms with Crippen LogP contribution >= 0.6 is 0 Å². The Labute approximate surface area is 111 Å². The Bertz CT molecular complexity index is 463. The van der Waals surface area contributed by atoms with E-state index in [2.05, 4.69) is 10.5 Å². The SMILES string of the molecule is Cc1cc(C(=O)NC(C(=O)O)C2CCCCC2)on1. The molecule has 6 heteroatoms. The van der Waals surface area contributed by atoms with Crippen molar-refractivity contribution in [2.24, 2.45) is 5.92 Å². The molecule has 1 unspecified atom stereocenters. The Morgan fingerprint density at radius 3 is 2.63 bits per heavy atom. The molecule has 1 aromatic rings. The van der Waals surface area contributed by atoms with Crippen molar-refractivity contribution in [2.75, 3.05) is 0 Å². The fourth-order valence-electron chi connectivity index (χ4n) is 2.53. The molecule has 0 saturated heterocycles. The number of hydrogen-bond acceptors (Lipinski definition) is 4. The molecule has 1 aromatic heterocycles. The van der Waals surface area contributed by atoms with Gasteiger partial charge < -0.3 is 14.9 Å². The minimum atomic E-state index is -0.989. The number of carboxylic acids is 1. The summed E-state index contributed by atoms with van der Waals surface area (Å²) in [5.41, 5.74) is 0.592. The Morgan fingerprint density at radius 2 is 2.11 bits per heavy atom. The Kier molecular flexibility index (Phi) is 4.19. The van der Waals surface area contributed by atoms with Crippen molar-refractivity contribution in [2.45, 2.75) is 45.1 Å². The molecular formula is C13H18N2O4. The van der Waals surface area contributed by atoms with Gasteiger partial charge in [0.2, 0.25) is 5.76 Å². The summed E-state index contributed by atoms with van der Waals surface area (Å²) in [6.45, 7) is 1.70. The molecule has 104 valence electrons. The highest BCUT2D eigenvalue weighted by Gasteiger charge is 2.31. The number of aryl methyl sites for hydroxylation is 1. The van der Waals surface area contributed by atoms with Gasteiger partial charge in [0.05, 0.1) is 5.69 Å². The largest absolute Gasteiger partial charge is 0.480 e. The van der Waals surface area contributed by atoms with Gasteiger partial charge in [0, 0.05) is 6.07 Å². The molecule has 1 amide bonds. The minimum Gasteiger partial charge on any atom is -0.480 e. The summed E-state index contributed by atoms with van der Waals surface area (Å²) in [5, 5.41) is 15.4. The molecule has 0 spiro atoms. The van der Waals surface area contributed by atoms with E-state index in [1.54, 1.807) is 6.92 Å². The lowest BCUT2D eigenvalue weighted by atomic mass is 9.84. The quantitative estimate of drug-likeness (QED) is 0.866. The van der Waals surface area contributed by atoms with Crippen molar-refractivity contribution >= 4 is 11.9 Å². The first kappa shape index (κ1) is 13.6. The summed E-state index contributed by atoms with van der Waals surface area (Å²) in [6, 6.07) is 0.646. The number of carboxylic acid groups (broad SMARTS) is 1. The number of amides is 1. The van der Waals surface area contributed by atoms with Crippen LogP contribution in [0.25, 0.3) is 0 Å². The van der Waals surface area contributed by atoms with E-state index >= 15 is 0 Å². The number of nitrogens with zero attached hydrogens (tertiary/aromatic N) is 1. The van der Waals surface area contributed by atoms with E-state index in [1.165, 1.54) is 6.07 Å². The van der Waals surface area contributed by atoms with Gasteiger partial charge in [0.15, 0.2) is 0 Å². The molecular weight excluding hydrogens is 248 g/mol. The van der Waals surface area contributed by atoms with E-state index in [9.17, 15) is 14.7 Å². The Balaban J connectivity index is 2.04. The summed E-state index contributed by atoms with van der Waals surface area (Å²) in [7, 11) is 0. The van der Waals surface area contributed by atoms with Crippen molar-refractivity contribution < 1.29 is 19.2 Å². The summed E-state index contributed by atoms with van der Waals surface area (Å²) < 4.78 is 4.84. The molecule has 2 N–H and O–H groups in total. The molecule has 1 aliphatic carbocycles. The fraction of sp³-hybridized carbons (Fsp3) is 0.615. The van der Waals surface area contributed by atoms with Crippen LogP contribution in [0.2, 0.25) is 0 Å². The first-order valence-corrected chi connectivity index (χ1v) is 6.55. The van der Waals surface area contributed by atoms with Gasteiger partial charge in [0.1, 0.15) is 6.04 Å². The molecule has 1 fully saturated rings. The lowest BCUT2D eigenvalue weighted by Crippen LogP contribution is -2.46. The zero-order valence-electron chi connectivity index (χ0n) is 10.9. The number of nitrogens with one attached hydrogen (secondary N) is 1. The number of rotatable bonds is 4. The highest BCUT2D eigenvalue weighted by molar-refractivity contribution is 5.94. The molecule has 6 nitrogen and oxygen atoms in total. The Morgan fingerprint density at radius 1 is 1.42 bits per heavy atom. The van der Waals surface area contributed by atoms with Gasteiger partial charge in [-0.3, -0.25) is 4.79 Å². The van der Waals surface area contributed by atoms with Crippen LogP contribution in [0.15, 0.2) is 10.6 Å². The van der Waals surface area contributed by atoms with Crippen molar-refractivity contribution in [3.63, 3.8) is 0 Å². The third-order valence-corrected chi connectivity index (χ3v) is 3.53. The van der Waals surface area contributed by atoms with Gasteiger partial charge in [0.25, 0.3) is 5.91 Å². The van der Waals surface area contributed by atoms with Gasteiger partial charge in [-0.05, 0) is 25.7 Å². The highest BCUT2D eigenvalue weighted by atomic mass is 16.5. The normalized spacial score (nSPS) is 17.9. The van der Waals surface area contributed by atoms with E-state index in [0.29, 0.717) is 5.69 Å². The van der Waals surface area contributed by atoms with Crippen LogP contribution in [0.3, 0.4) is 0 Å². The summed E-state index contributed by atoms with van der Waals surface area (Å²) in [5.74, 6) is -1.45.